The molecule has 0 amide bonds. The van der Waals surface area contributed by atoms with Crippen molar-refractivity contribution in [3.63, 3.8) is 0 Å². The Morgan fingerprint density at radius 1 is 0.762 bits per heavy atom. The Bertz CT molecular complexity index is 708. The highest BCUT2D eigenvalue weighted by atomic mass is 28.3. The summed E-state index contributed by atoms with van der Waals surface area (Å²) >= 11 is 0. The van der Waals surface area contributed by atoms with Crippen LogP contribution in [0.5, 0.6) is 0 Å². The van der Waals surface area contributed by atoms with Crippen molar-refractivity contribution in [2.45, 2.75) is 38.0 Å². The van der Waals surface area contributed by atoms with Gasteiger partial charge in [-0.1, -0.05) is 36.4 Å². The lowest BCUT2D eigenvalue weighted by Crippen LogP contribution is -2.42. The molecular formula is C18H20O2Si. The Balaban J connectivity index is 1.82. The van der Waals surface area contributed by atoms with Crippen molar-refractivity contribution in [3.8, 4) is 0 Å². The van der Waals surface area contributed by atoms with Crippen LogP contribution in [0.25, 0.3) is 12.2 Å². The van der Waals surface area contributed by atoms with E-state index in [0.717, 1.165) is 0 Å². The molecule has 0 aromatic carbocycles. The van der Waals surface area contributed by atoms with Gasteiger partial charge in [0.05, 0.1) is 33.1 Å². The van der Waals surface area contributed by atoms with Crippen molar-refractivity contribution < 1.29 is 8.83 Å². The van der Waals surface area contributed by atoms with E-state index in [1.807, 2.05) is 25.1 Å². The Kier molecular flexibility index (Phi) is 2.55. The molecule has 0 aliphatic heterocycles. The summed E-state index contributed by atoms with van der Waals surface area (Å²) < 4.78 is 10.9. The summed E-state index contributed by atoms with van der Waals surface area (Å²) in [5, 5.41) is 0. The van der Waals surface area contributed by atoms with Crippen LogP contribution in [0.2, 0.25) is 13.1 Å². The second kappa shape index (κ2) is 4.14. The number of hydrogen-bond donors (Lipinski definition) is 0. The van der Waals surface area contributed by atoms with Crippen LogP contribution in [-0.4, -0.2) is 8.07 Å². The molecule has 0 bridgehead atoms. The topological polar surface area (TPSA) is 26.3 Å². The first-order valence-corrected chi connectivity index (χ1v) is 10.6. The van der Waals surface area contributed by atoms with Crippen LogP contribution in [0.4, 0.5) is 0 Å². The maximum Gasteiger partial charge on any atom is 0.0977 e. The minimum absolute atomic E-state index is 0.528. The molecule has 2 atom stereocenters. The summed E-state index contributed by atoms with van der Waals surface area (Å²) in [6.45, 7) is 9.54. The minimum atomic E-state index is -1.65. The summed E-state index contributed by atoms with van der Waals surface area (Å²) in [5.74, 6) is 0. The molecule has 0 fully saturated rings. The monoisotopic (exact) mass is 296 g/mol. The fraction of sp³-hybridized carbons (Fsp3) is 0.333. The van der Waals surface area contributed by atoms with E-state index >= 15 is 0 Å². The van der Waals surface area contributed by atoms with E-state index in [4.69, 9.17) is 8.83 Å². The van der Waals surface area contributed by atoms with Crippen LogP contribution in [0.3, 0.4) is 0 Å². The van der Waals surface area contributed by atoms with Gasteiger partial charge in [0, 0.05) is 33.3 Å². The summed E-state index contributed by atoms with van der Waals surface area (Å²) in [7, 11) is -1.65. The highest BCUT2D eigenvalue weighted by Crippen LogP contribution is 2.52. The van der Waals surface area contributed by atoms with Crippen LogP contribution in [0, 0.1) is 0 Å². The third-order valence-electron chi connectivity index (χ3n) is 5.23. The van der Waals surface area contributed by atoms with Gasteiger partial charge in [0.1, 0.15) is 0 Å². The van der Waals surface area contributed by atoms with Crippen LogP contribution in [0.15, 0.2) is 45.0 Å². The molecule has 2 unspecified atom stereocenters. The van der Waals surface area contributed by atoms with Crippen molar-refractivity contribution in [1.29, 1.82) is 0 Å². The van der Waals surface area contributed by atoms with Gasteiger partial charge >= 0.3 is 0 Å². The van der Waals surface area contributed by atoms with Crippen molar-refractivity contribution >= 4 is 20.2 Å². The summed E-state index contributed by atoms with van der Waals surface area (Å²) in [5.41, 5.74) is 9.33. The lowest BCUT2D eigenvalue weighted by molar-refractivity contribution is 0.561. The molecule has 108 valence electrons. The van der Waals surface area contributed by atoms with E-state index in [2.05, 4.69) is 39.1 Å². The molecule has 0 radical (unpaired) electrons. The lowest BCUT2D eigenvalue weighted by Gasteiger charge is -2.37. The Hall–Kier alpha value is -1.74. The average Bonchev–Trinajstić information content (AvgIpc) is 3.07. The molecule has 2 aliphatic carbocycles. The van der Waals surface area contributed by atoms with E-state index in [-0.39, 0.29) is 0 Å². The van der Waals surface area contributed by atoms with Crippen LogP contribution < -0.4 is 0 Å². The van der Waals surface area contributed by atoms with Gasteiger partial charge in [-0.25, -0.2) is 0 Å². The highest BCUT2D eigenvalue weighted by molar-refractivity contribution is 6.81. The molecule has 2 aliphatic rings. The van der Waals surface area contributed by atoms with Gasteiger partial charge in [0.2, 0.25) is 0 Å². The van der Waals surface area contributed by atoms with Gasteiger partial charge in [0.15, 0.2) is 0 Å². The summed E-state index contributed by atoms with van der Waals surface area (Å²) in [6, 6.07) is 0. The third-order valence-corrected chi connectivity index (χ3v) is 9.74. The summed E-state index contributed by atoms with van der Waals surface area (Å²) in [6.07, 6.45) is 12.2. The lowest BCUT2D eigenvalue weighted by atomic mass is 10.2. The first kappa shape index (κ1) is 13.0. The highest BCUT2D eigenvalue weighted by Gasteiger charge is 2.47. The molecule has 2 aromatic heterocycles. The second-order valence-corrected chi connectivity index (χ2v) is 11.8. The van der Waals surface area contributed by atoms with Crippen molar-refractivity contribution in [3.05, 3.63) is 58.5 Å². The molecule has 2 heterocycles. The second-order valence-electron chi connectivity index (χ2n) is 7.03. The normalized spacial score (nSPS) is 23.8. The maximum atomic E-state index is 5.45. The molecule has 0 saturated carbocycles. The number of furan rings is 2. The Morgan fingerprint density at radius 3 is 1.62 bits per heavy atom. The fourth-order valence-electron chi connectivity index (χ4n) is 4.63. The van der Waals surface area contributed by atoms with Crippen LogP contribution in [0.1, 0.15) is 47.2 Å². The van der Waals surface area contributed by atoms with Gasteiger partial charge < -0.3 is 8.83 Å². The summed E-state index contributed by atoms with van der Waals surface area (Å²) in [4.78, 5) is 0. The molecule has 2 aromatic rings. The third kappa shape index (κ3) is 1.64. The van der Waals surface area contributed by atoms with Gasteiger partial charge in [0.25, 0.3) is 0 Å². The van der Waals surface area contributed by atoms with Gasteiger partial charge in [-0.2, -0.15) is 0 Å². The van der Waals surface area contributed by atoms with Crippen molar-refractivity contribution in [1.82, 2.24) is 0 Å². The van der Waals surface area contributed by atoms with Gasteiger partial charge in [-0.05, 0) is 13.8 Å². The minimum Gasteiger partial charge on any atom is -0.472 e. The van der Waals surface area contributed by atoms with E-state index in [9.17, 15) is 0 Å². The standard InChI is InChI=1S/C18H20O2Si/c1-11-5-13-7-19-9-15(13)17(11)21(3,4)18-12(2)6-14-8-20-10-16(14)18/h5-10,17-18H,1-4H3. The number of hydrogen-bond acceptors (Lipinski definition) is 2. The predicted molar refractivity (Wildman–Crippen MR) is 87.7 cm³/mol. The molecular weight excluding hydrogens is 276 g/mol. The smallest absolute Gasteiger partial charge is 0.0977 e. The zero-order valence-electron chi connectivity index (χ0n) is 12.9. The fourth-order valence-corrected chi connectivity index (χ4v) is 9.55. The maximum absolute atomic E-state index is 5.45. The molecule has 0 spiro atoms. The molecule has 3 heteroatoms. The molecule has 0 saturated heterocycles. The Morgan fingerprint density at radius 2 is 1.19 bits per heavy atom. The number of allylic oxidation sites excluding steroid dienone is 2. The average molecular weight is 296 g/mol. The SMILES string of the molecule is CC1=Cc2cocc2C1[Si](C)(C)C1C(C)=Cc2cocc21. The van der Waals surface area contributed by atoms with E-state index in [1.54, 1.807) is 0 Å². The number of fused-ring (bicyclic) bond motifs is 2. The van der Waals surface area contributed by atoms with E-state index in [1.165, 1.54) is 33.4 Å². The van der Waals surface area contributed by atoms with Crippen LogP contribution in [-0.2, 0) is 0 Å². The zero-order valence-corrected chi connectivity index (χ0v) is 13.9. The molecule has 2 nitrogen and oxygen atoms in total. The van der Waals surface area contributed by atoms with E-state index in [0.29, 0.717) is 11.1 Å². The van der Waals surface area contributed by atoms with Crippen molar-refractivity contribution in [2.75, 3.05) is 0 Å². The van der Waals surface area contributed by atoms with Crippen LogP contribution >= 0.6 is 0 Å². The zero-order chi connectivity index (χ0) is 14.8. The first-order chi connectivity index (χ1) is 10.00. The largest absolute Gasteiger partial charge is 0.472 e. The Labute approximate surface area is 126 Å². The quantitative estimate of drug-likeness (QED) is 0.697. The first-order valence-electron chi connectivity index (χ1n) is 7.48. The van der Waals surface area contributed by atoms with Crippen molar-refractivity contribution in [2.24, 2.45) is 0 Å². The molecule has 21 heavy (non-hydrogen) atoms. The molecule has 4 rings (SSSR count). The predicted octanol–water partition coefficient (Wildman–Crippen LogP) is 5.36. The number of rotatable bonds is 2. The van der Waals surface area contributed by atoms with Gasteiger partial charge in [-0.15, -0.1) is 0 Å². The molecule has 0 N–H and O–H groups in total. The van der Waals surface area contributed by atoms with E-state index < -0.39 is 8.07 Å². The van der Waals surface area contributed by atoms with Gasteiger partial charge in [-0.3, -0.25) is 0 Å².